The molecule has 7 nitrogen and oxygen atoms in total. The highest BCUT2D eigenvalue weighted by Gasteiger charge is 2.22. The summed E-state index contributed by atoms with van der Waals surface area (Å²) >= 11 is 0. The van der Waals surface area contributed by atoms with Crippen molar-refractivity contribution in [3.05, 3.63) is 34.2 Å². The highest BCUT2D eigenvalue weighted by atomic mass is 16.5. The number of aromatic nitrogens is 4. The Bertz CT molecular complexity index is 1010. The fourth-order valence-electron chi connectivity index (χ4n) is 3.76. The summed E-state index contributed by atoms with van der Waals surface area (Å²) in [6.07, 6.45) is 5.53. The van der Waals surface area contributed by atoms with E-state index in [0.717, 1.165) is 36.9 Å². The third-order valence-corrected chi connectivity index (χ3v) is 5.13. The van der Waals surface area contributed by atoms with Gasteiger partial charge in [0, 0.05) is 11.8 Å². The van der Waals surface area contributed by atoms with E-state index in [0.29, 0.717) is 28.3 Å². The van der Waals surface area contributed by atoms with E-state index in [-0.39, 0.29) is 11.6 Å². The Kier molecular flexibility index (Phi) is 4.14. The lowest BCUT2D eigenvalue weighted by molar-refractivity contribution is 0.318. The molecule has 4 rings (SSSR count). The highest BCUT2D eigenvalue weighted by molar-refractivity contribution is 5.82. The van der Waals surface area contributed by atoms with Gasteiger partial charge in [-0.3, -0.25) is 4.79 Å². The first-order valence-corrected chi connectivity index (χ1v) is 9.01. The van der Waals surface area contributed by atoms with Gasteiger partial charge < -0.3 is 15.5 Å². The number of anilines is 1. The Morgan fingerprint density at radius 2 is 2.04 bits per heavy atom. The number of aryl methyl sites for hydroxylation is 1. The maximum atomic E-state index is 13.0. The minimum atomic E-state index is -0.106. The van der Waals surface area contributed by atoms with Gasteiger partial charge in [0.15, 0.2) is 0 Å². The summed E-state index contributed by atoms with van der Waals surface area (Å²) in [7, 11) is 1.59. The molecular weight excluding hydrogens is 330 g/mol. The first-order valence-electron chi connectivity index (χ1n) is 9.01. The molecule has 1 aliphatic rings. The molecule has 3 N–H and O–H groups in total. The molecule has 0 aliphatic heterocycles. The highest BCUT2D eigenvalue weighted by Crippen LogP contribution is 2.31. The van der Waals surface area contributed by atoms with Crippen LogP contribution in [0.2, 0.25) is 0 Å². The minimum Gasteiger partial charge on any atom is -0.496 e. The molecule has 0 bridgehead atoms. The van der Waals surface area contributed by atoms with Crippen molar-refractivity contribution in [2.24, 2.45) is 0 Å². The number of rotatable bonds is 3. The van der Waals surface area contributed by atoms with Crippen LogP contribution in [0.3, 0.4) is 0 Å². The number of H-pyrrole nitrogens is 1. The molecule has 136 valence electrons. The lowest BCUT2D eigenvalue weighted by atomic mass is 9.95. The molecule has 26 heavy (non-hydrogen) atoms. The Balaban J connectivity index is 1.86. The number of nitrogens with two attached hydrogens (primary N) is 1. The predicted molar refractivity (Wildman–Crippen MR) is 101 cm³/mol. The van der Waals surface area contributed by atoms with Gasteiger partial charge >= 0.3 is 0 Å². The van der Waals surface area contributed by atoms with Gasteiger partial charge in [-0.1, -0.05) is 19.3 Å². The van der Waals surface area contributed by atoms with Crippen molar-refractivity contribution in [1.82, 2.24) is 19.7 Å². The standard InChI is InChI=1S/C19H23N5O2/c1-11-16-17(19(25)24(23-11)13-6-4-3-5-7-13)22-18(21-16)14-9-8-12(20)10-15(14)26-2/h8-10,13H,3-7,20H2,1-2H3,(H,21,22). The third kappa shape index (κ3) is 2.73. The number of methoxy groups -OCH3 is 1. The summed E-state index contributed by atoms with van der Waals surface area (Å²) in [5, 5.41) is 4.56. The van der Waals surface area contributed by atoms with E-state index in [9.17, 15) is 4.79 Å². The molecular formula is C19H23N5O2. The van der Waals surface area contributed by atoms with E-state index in [2.05, 4.69) is 15.1 Å². The van der Waals surface area contributed by atoms with E-state index >= 15 is 0 Å². The first-order chi connectivity index (χ1) is 12.6. The molecule has 1 aliphatic carbocycles. The zero-order valence-corrected chi connectivity index (χ0v) is 15.1. The predicted octanol–water partition coefficient (Wildman–Crippen LogP) is 3.19. The molecule has 2 aromatic heterocycles. The SMILES string of the molecule is COc1cc(N)ccc1-c1nc2c(C)nn(C3CCCCC3)c(=O)c2[nH]1. The zero-order valence-electron chi connectivity index (χ0n) is 15.1. The van der Waals surface area contributed by atoms with E-state index in [4.69, 9.17) is 10.5 Å². The smallest absolute Gasteiger partial charge is 0.293 e. The molecule has 3 aromatic rings. The third-order valence-electron chi connectivity index (χ3n) is 5.13. The number of nitrogens with zero attached hydrogens (tertiary/aromatic N) is 3. The minimum absolute atomic E-state index is 0.106. The quantitative estimate of drug-likeness (QED) is 0.705. The fraction of sp³-hybridized carbons (Fsp3) is 0.421. The average molecular weight is 353 g/mol. The van der Waals surface area contributed by atoms with Crippen LogP contribution in [0.4, 0.5) is 5.69 Å². The summed E-state index contributed by atoms with van der Waals surface area (Å²) in [6, 6.07) is 5.55. The number of hydrogen-bond acceptors (Lipinski definition) is 5. The molecule has 0 radical (unpaired) electrons. The molecule has 0 saturated heterocycles. The van der Waals surface area contributed by atoms with Crippen molar-refractivity contribution in [3.63, 3.8) is 0 Å². The van der Waals surface area contributed by atoms with Gasteiger partial charge in [0.25, 0.3) is 5.56 Å². The van der Waals surface area contributed by atoms with Crippen LogP contribution >= 0.6 is 0 Å². The van der Waals surface area contributed by atoms with Gasteiger partial charge in [-0.15, -0.1) is 0 Å². The van der Waals surface area contributed by atoms with Gasteiger partial charge in [-0.2, -0.15) is 5.10 Å². The summed E-state index contributed by atoms with van der Waals surface area (Å²) in [5.74, 6) is 1.20. The molecule has 1 fully saturated rings. The summed E-state index contributed by atoms with van der Waals surface area (Å²) < 4.78 is 7.07. The molecule has 1 saturated carbocycles. The Morgan fingerprint density at radius 3 is 2.77 bits per heavy atom. The number of aromatic amines is 1. The second-order valence-electron chi connectivity index (χ2n) is 6.90. The molecule has 2 heterocycles. The van der Waals surface area contributed by atoms with Crippen LogP contribution in [0.15, 0.2) is 23.0 Å². The van der Waals surface area contributed by atoms with Gasteiger partial charge in [0.2, 0.25) is 0 Å². The molecule has 0 amide bonds. The van der Waals surface area contributed by atoms with E-state index < -0.39 is 0 Å². The van der Waals surface area contributed by atoms with E-state index in [1.165, 1.54) is 6.42 Å². The topological polar surface area (TPSA) is 98.8 Å². The van der Waals surface area contributed by atoms with Crippen LogP contribution < -0.4 is 16.0 Å². The Morgan fingerprint density at radius 1 is 1.27 bits per heavy atom. The van der Waals surface area contributed by atoms with Crippen molar-refractivity contribution in [3.8, 4) is 17.1 Å². The molecule has 0 atom stereocenters. The largest absolute Gasteiger partial charge is 0.496 e. The van der Waals surface area contributed by atoms with E-state index in [1.54, 1.807) is 23.9 Å². The van der Waals surface area contributed by atoms with Crippen LogP contribution in [-0.2, 0) is 0 Å². The number of nitrogen functional groups attached to an aromatic ring is 1. The number of imidazole rings is 1. The van der Waals surface area contributed by atoms with Crippen molar-refractivity contribution in [2.75, 3.05) is 12.8 Å². The lowest BCUT2D eigenvalue weighted by Crippen LogP contribution is -2.29. The van der Waals surface area contributed by atoms with Crippen LogP contribution in [0.1, 0.15) is 43.8 Å². The fourth-order valence-corrected chi connectivity index (χ4v) is 3.76. The van der Waals surface area contributed by atoms with Gasteiger partial charge in [-0.25, -0.2) is 9.67 Å². The maximum Gasteiger partial charge on any atom is 0.293 e. The van der Waals surface area contributed by atoms with Crippen molar-refractivity contribution < 1.29 is 4.74 Å². The number of nitrogens with one attached hydrogen (secondary N) is 1. The summed E-state index contributed by atoms with van der Waals surface area (Å²) in [4.78, 5) is 20.8. The Labute approximate surface area is 151 Å². The molecule has 1 aromatic carbocycles. The lowest BCUT2D eigenvalue weighted by Gasteiger charge is -2.22. The van der Waals surface area contributed by atoms with Gasteiger partial charge in [0.1, 0.15) is 22.6 Å². The second kappa shape index (κ2) is 6.48. The van der Waals surface area contributed by atoms with Gasteiger partial charge in [-0.05, 0) is 31.9 Å². The zero-order chi connectivity index (χ0) is 18.3. The second-order valence-corrected chi connectivity index (χ2v) is 6.90. The number of benzene rings is 1. The van der Waals surface area contributed by atoms with Crippen LogP contribution in [0.25, 0.3) is 22.4 Å². The summed E-state index contributed by atoms with van der Waals surface area (Å²) in [5.41, 5.74) is 8.96. The Hall–Kier alpha value is -2.83. The van der Waals surface area contributed by atoms with Crippen molar-refractivity contribution >= 4 is 16.7 Å². The normalized spacial score (nSPS) is 15.5. The van der Waals surface area contributed by atoms with Crippen molar-refractivity contribution in [1.29, 1.82) is 0 Å². The number of hydrogen-bond donors (Lipinski definition) is 2. The maximum absolute atomic E-state index is 13.0. The van der Waals surface area contributed by atoms with E-state index in [1.807, 2.05) is 13.0 Å². The van der Waals surface area contributed by atoms with Crippen molar-refractivity contribution in [2.45, 2.75) is 45.1 Å². The average Bonchev–Trinajstić information content (AvgIpc) is 3.11. The molecule has 7 heteroatoms. The van der Waals surface area contributed by atoms with Crippen LogP contribution in [0, 0.1) is 6.92 Å². The van der Waals surface area contributed by atoms with Gasteiger partial charge in [0.05, 0.1) is 24.4 Å². The monoisotopic (exact) mass is 353 g/mol. The first kappa shape index (κ1) is 16.6. The molecule has 0 spiro atoms. The van der Waals surface area contributed by atoms with Crippen LogP contribution in [-0.4, -0.2) is 26.9 Å². The summed E-state index contributed by atoms with van der Waals surface area (Å²) in [6.45, 7) is 1.89. The number of ether oxygens (including phenoxy) is 1. The number of fused-ring (bicyclic) bond motifs is 1. The van der Waals surface area contributed by atoms with Crippen LogP contribution in [0.5, 0.6) is 5.75 Å². The molecule has 0 unspecified atom stereocenters.